The van der Waals surface area contributed by atoms with Gasteiger partial charge in [0.15, 0.2) is 5.82 Å². The Labute approximate surface area is 180 Å². The van der Waals surface area contributed by atoms with E-state index in [1.54, 1.807) is 35.2 Å². The normalized spacial score (nSPS) is 18.5. The van der Waals surface area contributed by atoms with Crippen LogP contribution in [0, 0.1) is 11.6 Å². The van der Waals surface area contributed by atoms with E-state index in [1.807, 2.05) is 0 Å². The standard InChI is InChI=1S/C21H18F2N4O3S/c22-14-1-5-16(6-2-14)27(17-7-3-15(23)4-8-17)13-24-18-9-10-26(21(29)25-18)19-12-31-20(11-28)30-19/h1-10,13,19-20,28H,11-12H2/t19-,20+/m0/s1. The Bertz CT molecular complexity index is 1080. The number of aliphatic hydroxyl groups is 1. The van der Waals surface area contributed by atoms with Crippen LogP contribution < -0.4 is 10.6 Å². The van der Waals surface area contributed by atoms with Crippen LogP contribution in [-0.2, 0) is 4.74 Å². The summed E-state index contributed by atoms with van der Waals surface area (Å²) in [6, 6.07) is 13.0. The molecular formula is C21H18F2N4O3S. The molecule has 1 aliphatic heterocycles. The van der Waals surface area contributed by atoms with Gasteiger partial charge in [0.1, 0.15) is 29.6 Å². The van der Waals surface area contributed by atoms with Crippen LogP contribution in [0.4, 0.5) is 26.0 Å². The zero-order chi connectivity index (χ0) is 21.8. The fourth-order valence-corrected chi connectivity index (χ4v) is 3.91. The summed E-state index contributed by atoms with van der Waals surface area (Å²) in [7, 11) is 0. The number of ether oxygens (including phenoxy) is 1. The van der Waals surface area contributed by atoms with Crippen molar-refractivity contribution in [3.05, 3.63) is 82.9 Å². The molecule has 0 saturated carbocycles. The molecule has 2 atom stereocenters. The number of aromatic nitrogens is 2. The Morgan fingerprint density at radius 3 is 2.26 bits per heavy atom. The number of hydrogen-bond donors (Lipinski definition) is 1. The number of hydrogen-bond acceptors (Lipinski definition) is 6. The van der Waals surface area contributed by atoms with Gasteiger partial charge < -0.3 is 14.7 Å². The highest BCUT2D eigenvalue weighted by Crippen LogP contribution is 2.30. The van der Waals surface area contributed by atoms with Crippen LogP contribution in [0.25, 0.3) is 0 Å². The third-order valence-electron chi connectivity index (χ3n) is 4.52. The number of aliphatic imine (C=N–C) groups is 1. The molecule has 0 radical (unpaired) electrons. The van der Waals surface area contributed by atoms with E-state index in [-0.39, 0.29) is 29.5 Å². The molecule has 160 valence electrons. The molecule has 31 heavy (non-hydrogen) atoms. The van der Waals surface area contributed by atoms with Crippen molar-refractivity contribution in [3.63, 3.8) is 0 Å². The molecule has 1 N–H and O–H groups in total. The summed E-state index contributed by atoms with van der Waals surface area (Å²) in [5, 5.41) is 9.17. The van der Waals surface area contributed by atoms with E-state index in [4.69, 9.17) is 4.74 Å². The Kier molecular flexibility index (Phi) is 6.40. The van der Waals surface area contributed by atoms with Gasteiger partial charge in [0, 0.05) is 23.3 Å². The summed E-state index contributed by atoms with van der Waals surface area (Å²) in [6.45, 7) is -0.131. The Morgan fingerprint density at radius 1 is 1.13 bits per heavy atom. The van der Waals surface area contributed by atoms with E-state index < -0.39 is 11.9 Å². The summed E-state index contributed by atoms with van der Waals surface area (Å²) in [5.41, 5.74) is 0.288. The molecule has 1 saturated heterocycles. The lowest BCUT2D eigenvalue weighted by atomic mass is 10.2. The summed E-state index contributed by atoms with van der Waals surface area (Å²) in [4.78, 5) is 22.3. The molecule has 4 rings (SSSR count). The van der Waals surface area contributed by atoms with Crippen molar-refractivity contribution in [1.29, 1.82) is 0 Å². The third kappa shape index (κ3) is 4.98. The van der Waals surface area contributed by atoms with Gasteiger partial charge in [-0.3, -0.25) is 4.57 Å². The summed E-state index contributed by atoms with van der Waals surface area (Å²) >= 11 is 1.42. The summed E-state index contributed by atoms with van der Waals surface area (Å²) in [5.74, 6) is -0.0837. The van der Waals surface area contributed by atoms with Gasteiger partial charge in [0.05, 0.1) is 6.61 Å². The van der Waals surface area contributed by atoms with E-state index in [2.05, 4.69) is 9.98 Å². The maximum absolute atomic E-state index is 13.3. The first-order chi connectivity index (χ1) is 15.0. The van der Waals surface area contributed by atoms with Crippen molar-refractivity contribution in [1.82, 2.24) is 9.55 Å². The van der Waals surface area contributed by atoms with Crippen molar-refractivity contribution in [2.75, 3.05) is 17.3 Å². The number of rotatable bonds is 6. The van der Waals surface area contributed by atoms with Crippen molar-refractivity contribution in [2.24, 2.45) is 4.99 Å². The average Bonchev–Trinajstić information content (AvgIpc) is 3.25. The topological polar surface area (TPSA) is 80.0 Å². The molecule has 1 aliphatic rings. The fraction of sp³-hybridized carbons (Fsp3) is 0.190. The van der Waals surface area contributed by atoms with E-state index in [1.165, 1.54) is 53.1 Å². The minimum atomic E-state index is -0.533. The second-order valence-electron chi connectivity index (χ2n) is 6.58. The van der Waals surface area contributed by atoms with Gasteiger partial charge in [0.25, 0.3) is 0 Å². The minimum absolute atomic E-state index is 0.131. The number of benzene rings is 2. The van der Waals surface area contributed by atoms with Gasteiger partial charge in [-0.25, -0.2) is 18.6 Å². The molecule has 0 spiro atoms. The minimum Gasteiger partial charge on any atom is -0.393 e. The predicted octanol–water partition coefficient (Wildman–Crippen LogP) is 3.60. The van der Waals surface area contributed by atoms with Crippen LogP contribution >= 0.6 is 11.8 Å². The lowest BCUT2D eigenvalue weighted by Gasteiger charge is -2.20. The quantitative estimate of drug-likeness (QED) is 0.462. The van der Waals surface area contributed by atoms with Crippen LogP contribution in [0.15, 0.2) is 70.6 Å². The largest absolute Gasteiger partial charge is 0.393 e. The molecule has 1 fully saturated rings. The van der Waals surface area contributed by atoms with E-state index >= 15 is 0 Å². The third-order valence-corrected chi connectivity index (χ3v) is 5.63. The van der Waals surface area contributed by atoms with Gasteiger partial charge in [-0.2, -0.15) is 4.98 Å². The Morgan fingerprint density at radius 2 is 1.74 bits per heavy atom. The second kappa shape index (κ2) is 9.38. The molecule has 10 heteroatoms. The lowest BCUT2D eigenvalue weighted by molar-refractivity contribution is -0.00630. The maximum atomic E-state index is 13.3. The van der Waals surface area contributed by atoms with Gasteiger partial charge >= 0.3 is 5.69 Å². The molecule has 0 bridgehead atoms. The second-order valence-corrected chi connectivity index (χ2v) is 7.77. The number of anilines is 2. The molecule has 2 heterocycles. The van der Waals surface area contributed by atoms with Gasteiger partial charge in [-0.1, -0.05) is 0 Å². The lowest BCUT2D eigenvalue weighted by Crippen LogP contribution is -2.28. The van der Waals surface area contributed by atoms with Crippen molar-refractivity contribution >= 4 is 35.3 Å². The molecule has 0 amide bonds. The van der Waals surface area contributed by atoms with Crippen LogP contribution in [0.3, 0.4) is 0 Å². The highest BCUT2D eigenvalue weighted by Gasteiger charge is 2.27. The zero-order valence-corrected chi connectivity index (χ0v) is 17.0. The predicted molar refractivity (Wildman–Crippen MR) is 115 cm³/mol. The molecule has 1 aromatic heterocycles. The molecule has 7 nitrogen and oxygen atoms in total. The van der Waals surface area contributed by atoms with Crippen LogP contribution in [0.2, 0.25) is 0 Å². The van der Waals surface area contributed by atoms with Crippen molar-refractivity contribution in [3.8, 4) is 0 Å². The van der Waals surface area contributed by atoms with Gasteiger partial charge in [-0.05, 0) is 54.6 Å². The molecular weight excluding hydrogens is 426 g/mol. The number of thioether (sulfide) groups is 1. The molecule has 2 aromatic carbocycles. The Balaban J connectivity index is 1.60. The highest BCUT2D eigenvalue weighted by molar-refractivity contribution is 8.00. The number of aliphatic hydroxyl groups excluding tert-OH is 1. The number of halogens is 2. The maximum Gasteiger partial charge on any atom is 0.351 e. The van der Waals surface area contributed by atoms with Crippen LogP contribution in [0.1, 0.15) is 6.23 Å². The van der Waals surface area contributed by atoms with E-state index in [9.17, 15) is 18.7 Å². The van der Waals surface area contributed by atoms with E-state index in [0.717, 1.165) is 0 Å². The highest BCUT2D eigenvalue weighted by atomic mass is 32.2. The summed E-state index contributed by atoms with van der Waals surface area (Å²) < 4.78 is 33.6. The van der Waals surface area contributed by atoms with E-state index in [0.29, 0.717) is 17.1 Å². The van der Waals surface area contributed by atoms with Crippen LogP contribution in [-0.4, -0.2) is 38.8 Å². The fourth-order valence-electron chi connectivity index (χ4n) is 2.98. The zero-order valence-electron chi connectivity index (χ0n) is 16.1. The van der Waals surface area contributed by atoms with Gasteiger partial charge in [-0.15, -0.1) is 11.8 Å². The first-order valence-electron chi connectivity index (χ1n) is 9.35. The van der Waals surface area contributed by atoms with Crippen molar-refractivity contribution < 1.29 is 18.6 Å². The monoisotopic (exact) mass is 444 g/mol. The first-order valence-corrected chi connectivity index (χ1v) is 10.4. The Hall–Kier alpha value is -3.08. The molecule has 0 unspecified atom stereocenters. The molecule has 0 aliphatic carbocycles. The smallest absolute Gasteiger partial charge is 0.351 e. The van der Waals surface area contributed by atoms with Gasteiger partial charge in [0.2, 0.25) is 0 Å². The average molecular weight is 444 g/mol. The van der Waals surface area contributed by atoms with Crippen LogP contribution in [0.5, 0.6) is 0 Å². The number of nitrogens with zero attached hydrogens (tertiary/aromatic N) is 4. The molecule has 3 aromatic rings. The SMILES string of the molecule is O=c1nc(N=CN(c2ccc(F)cc2)c2ccc(F)cc2)ccn1[C@@H]1CS[C@H](CO)O1. The summed E-state index contributed by atoms with van der Waals surface area (Å²) in [6.07, 6.45) is 2.46. The van der Waals surface area contributed by atoms with Crippen molar-refractivity contribution in [2.45, 2.75) is 11.7 Å². The first kappa shape index (κ1) is 21.2.